The molecule has 0 fully saturated rings. The number of nitrogens with one attached hydrogen (secondary N) is 1. The number of rotatable bonds is 2. The summed E-state index contributed by atoms with van der Waals surface area (Å²) in [6.45, 7) is 4.14. The predicted octanol–water partition coefficient (Wildman–Crippen LogP) is 3.18. The van der Waals surface area contributed by atoms with Gasteiger partial charge >= 0.3 is 0 Å². The summed E-state index contributed by atoms with van der Waals surface area (Å²) in [5.74, 6) is 0.923. The Hall–Kier alpha value is -1.62. The molecule has 17 heavy (non-hydrogen) atoms. The molecule has 0 saturated heterocycles. The molecular weight excluding hydrogens is 280 g/mol. The Kier molecular flexibility index (Phi) is 3.28. The third-order valence-electron chi connectivity index (χ3n) is 2.62. The Bertz CT molecular complexity index is 554. The molecule has 0 saturated carbocycles. The second-order valence-corrected chi connectivity index (χ2v) is 4.65. The van der Waals surface area contributed by atoms with Crippen LogP contribution in [0.15, 0.2) is 28.9 Å². The van der Waals surface area contributed by atoms with Gasteiger partial charge in [0.25, 0.3) is 0 Å². The van der Waals surface area contributed by atoms with Gasteiger partial charge in [-0.15, -0.1) is 0 Å². The molecule has 1 aromatic carbocycles. The SMILES string of the molecule is Cc1cccc(Nc2nc(N)ncc2Br)c1C. The van der Waals surface area contributed by atoms with E-state index in [9.17, 15) is 0 Å². The highest BCUT2D eigenvalue weighted by Gasteiger charge is 2.06. The molecule has 0 aliphatic rings. The normalized spacial score (nSPS) is 10.3. The maximum atomic E-state index is 5.57. The van der Waals surface area contributed by atoms with Crippen LogP contribution >= 0.6 is 15.9 Å². The first-order valence-corrected chi connectivity index (χ1v) is 5.98. The minimum atomic E-state index is 0.251. The summed E-state index contributed by atoms with van der Waals surface area (Å²) in [6.07, 6.45) is 1.63. The number of halogens is 1. The van der Waals surface area contributed by atoms with E-state index < -0.39 is 0 Å². The van der Waals surface area contributed by atoms with Gasteiger partial charge < -0.3 is 11.1 Å². The molecular formula is C12H13BrN4. The van der Waals surface area contributed by atoms with E-state index in [-0.39, 0.29) is 5.95 Å². The summed E-state index contributed by atoms with van der Waals surface area (Å²) in [5.41, 5.74) is 9.00. The van der Waals surface area contributed by atoms with E-state index in [0.29, 0.717) is 5.82 Å². The number of anilines is 3. The Labute approximate surface area is 108 Å². The highest BCUT2D eigenvalue weighted by molar-refractivity contribution is 9.10. The molecule has 5 heteroatoms. The second kappa shape index (κ2) is 4.71. The lowest BCUT2D eigenvalue weighted by molar-refractivity contribution is 1.16. The largest absolute Gasteiger partial charge is 0.368 e. The Morgan fingerprint density at radius 1 is 1.29 bits per heavy atom. The quantitative estimate of drug-likeness (QED) is 0.892. The molecule has 0 amide bonds. The van der Waals surface area contributed by atoms with Crippen molar-refractivity contribution in [2.24, 2.45) is 0 Å². The van der Waals surface area contributed by atoms with Gasteiger partial charge in [0.15, 0.2) is 0 Å². The lowest BCUT2D eigenvalue weighted by Gasteiger charge is -2.11. The van der Waals surface area contributed by atoms with E-state index in [0.717, 1.165) is 10.2 Å². The van der Waals surface area contributed by atoms with Crippen molar-refractivity contribution in [3.8, 4) is 0 Å². The van der Waals surface area contributed by atoms with Crippen molar-refractivity contribution in [1.82, 2.24) is 9.97 Å². The van der Waals surface area contributed by atoms with Crippen molar-refractivity contribution >= 4 is 33.4 Å². The molecule has 0 aliphatic heterocycles. The zero-order valence-electron chi connectivity index (χ0n) is 9.66. The molecule has 0 aliphatic carbocycles. The van der Waals surface area contributed by atoms with Crippen LogP contribution in [0.1, 0.15) is 11.1 Å². The topological polar surface area (TPSA) is 63.8 Å². The minimum Gasteiger partial charge on any atom is -0.368 e. The first-order chi connectivity index (χ1) is 8.08. The molecule has 88 valence electrons. The molecule has 0 spiro atoms. The van der Waals surface area contributed by atoms with E-state index in [2.05, 4.69) is 51.1 Å². The Balaban J connectivity index is 2.38. The molecule has 3 N–H and O–H groups in total. The van der Waals surface area contributed by atoms with Gasteiger partial charge in [-0.25, -0.2) is 4.98 Å². The van der Waals surface area contributed by atoms with Crippen molar-refractivity contribution in [3.63, 3.8) is 0 Å². The van der Waals surface area contributed by atoms with Crippen LogP contribution in [-0.2, 0) is 0 Å². The van der Waals surface area contributed by atoms with E-state index in [1.807, 2.05) is 12.1 Å². The van der Waals surface area contributed by atoms with Gasteiger partial charge in [0, 0.05) is 11.9 Å². The summed E-state index contributed by atoms with van der Waals surface area (Å²) in [4.78, 5) is 8.05. The van der Waals surface area contributed by atoms with Crippen LogP contribution in [0.4, 0.5) is 17.5 Å². The molecule has 0 bridgehead atoms. The molecule has 1 aromatic heterocycles. The average Bonchev–Trinajstić information content (AvgIpc) is 2.30. The first-order valence-electron chi connectivity index (χ1n) is 5.19. The standard InChI is InChI=1S/C12H13BrN4/c1-7-4-3-5-10(8(7)2)16-11-9(13)6-15-12(14)17-11/h3-6H,1-2H3,(H3,14,15,16,17). The molecule has 2 aromatic rings. The monoisotopic (exact) mass is 292 g/mol. The summed E-state index contributed by atoms with van der Waals surface area (Å²) in [6, 6.07) is 6.08. The number of nitrogen functional groups attached to an aromatic ring is 1. The predicted molar refractivity (Wildman–Crippen MR) is 73.3 cm³/mol. The highest BCUT2D eigenvalue weighted by Crippen LogP contribution is 2.26. The highest BCUT2D eigenvalue weighted by atomic mass is 79.9. The summed E-state index contributed by atoms with van der Waals surface area (Å²) >= 11 is 3.39. The zero-order valence-corrected chi connectivity index (χ0v) is 11.2. The number of benzene rings is 1. The van der Waals surface area contributed by atoms with Crippen LogP contribution in [0.3, 0.4) is 0 Å². The molecule has 0 radical (unpaired) electrons. The zero-order chi connectivity index (χ0) is 12.4. The number of aromatic nitrogens is 2. The number of nitrogens with zero attached hydrogens (tertiary/aromatic N) is 2. The van der Waals surface area contributed by atoms with Crippen LogP contribution in [0.25, 0.3) is 0 Å². The van der Waals surface area contributed by atoms with E-state index >= 15 is 0 Å². The van der Waals surface area contributed by atoms with Crippen LogP contribution < -0.4 is 11.1 Å². The fourth-order valence-electron chi connectivity index (χ4n) is 1.48. The lowest BCUT2D eigenvalue weighted by atomic mass is 10.1. The number of hydrogen-bond acceptors (Lipinski definition) is 4. The molecule has 1 heterocycles. The first kappa shape index (κ1) is 11.9. The third-order valence-corrected chi connectivity index (χ3v) is 3.20. The van der Waals surface area contributed by atoms with E-state index in [1.54, 1.807) is 6.20 Å². The van der Waals surface area contributed by atoms with Crippen molar-refractivity contribution in [2.75, 3.05) is 11.1 Å². The van der Waals surface area contributed by atoms with Gasteiger partial charge in [-0.2, -0.15) is 4.98 Å². The number of nitrogens with two attached hydrogens (primary N) is 1. The summed E-state index contributed by atoms with van der Waals surface area (Å²) in [7, 11) is 0. The fraction of sp³-hybridized carbons (Fsp3) is 0.167. The van der Waals surface area contributed by atoms with Gasteiger partial charge in [0.05, 0.1) is 4.47 Å². The Morgan fingerprint density at radius 2 is 2.06 bits per heavy atom. The minimum absolute atomic E-state index is 0.251. The van der Waals surface area contributed by atoms with Crippen molar-refractivity contribution in [1.29, 1.82) is 0 Å². The maximum Gasteiger partial charge on any atom is 0.222 e. The fourth-order valence-corrected chi connectivity index (χ4v) is 1.77. The van der Waals surface area contributed by atoms with Crippen molar-refractivity contribution < 1.29 is 0 Å². The van der Waals surface area contributed by atoms with E-state index in [4.69, 9.17) is 5.73 Å². The van der Waals surface area contributed by atoms with Crippen LogP contribution in [0.2, 0.25) is 0 Å². The van der Waals surface area contributed by atoms with Crippen LogP contribution in [-0.4, -0.2) is 9.97 Å². The average molecular weight is 293 g/mol. The van der Waals surface area contributed by atoms with Crippen LogP contribution in [0.5, 0.6) is 0 Å². The summed E-state index contributed by atoms with van der Waals surface area (Å²) < 4.78 is 0.785. The number of hydrogen-bond donors (Lipinski definition) is 2. The van der Waals surface area contributed by atoms with Crippen molar-refractivity contribution in [2.45, 2.75) is 13.8 Å². The van der Waals surface area contributed by atoms with Gasteiger partial charge in [0.1, 0.15) is 5.82 Å². The smallest absolute Gasteiger partial charge is 0.222 e. The van der Waals surface area contributed by atoms with Gasteiger partial charge in [-0.1, -0.05) is 12.1 Å². The lowest BCUT2D eigenvalue weighted by Crippen LogP contribution is -2.02. The van der Waals surface area contributed by atoms with Crippen LogP contribution in [0, 0.1) is 13.8 Å². The maximum absolute atomic E-state index is 5.57. The number of aryl methyl sites for hydroxylation is 1. The van der Waals surface area contributed by atoms with Gasteiger partial charge in [-0.3, -0.25) is 0 Å². The third kappa shape index (κ3) is 2.55. The molecule has 0 atom stereocenters. The van der Waals surface area contributed by atoms with E-state index in [1.165, 1.54) is 11.1 Å². The summed E-state index contributed by atoms with van der Waals surface area (Å²) in [5, 5.41) is 3.24. The Morgan fingerprint density at radius 3 is 2.82 bits per heavy atom. The van der Waals surface area contributed by atoms with Crippen molar-refractivity contribution in [3.05, 3.63) is 40.0 Å². The van der Waals surface area contributed by atoms with Gasteiger partial charge in [0.2, 0.25) is 5.95 Å². The molecule has 0 unspecified atom stereocenters. The molecule has 4 nitrogen and oxygen atoms in total. The second-order valence-electron chi connectivity index (χ2n) is 3.80. The molecule has 2 rings (SSSR count). The van der Waals surface area contributed by atoms with Gasteiger partial charge in [-0.05, 0) is 47.0 Å².